The van der Waals surface area contributed by atoms with Crippen molar-refractivity contribution in [3.05, 3.63) is 59.7 Å². The highest BCUT2D eigenvalue weighted by molar-refractivity contribution is 5.95. The molecular weight excluding hydrogens is 320 g/mol. The first-order valence-electron chi connectivity index (χ1n) is 8.10. The van der Waals surface area contributed by atoms with Gasteiger partial charge in [0.25, 0.3) is 11.8 Å². The molecule has 0 saturated carbocycles. The summed E-state index contributed by atoms with van der Waals surface area (Å²) in [5.74, 6) is 0.211. The second kappa shape index (κ2) is 9.32. The van der Waals surface area contributed by atoms with E-state index in [4.69, 9.17) is 9.47 Å². The number of hydrogen-bond acceptors (Lipinski definition) is 4. The van der Waals surface area contributed by atoms with Gasteiger partial charge in [-0.15, -0.1) is 0 Å². The maximum atomic E-state index is 11.9. The molecule has 0 atom stereocenters. The van der Waals surface area contributed by atoms with E-state index in [-0.39, 0.29) is 12.5 Å². The predicted molar refractivity (Wildman–Crippen MR) is 94.5 cm³/mol. The van der Waals surface area contributed by atoms with E-state index in [9.17, 15) is 9.59 Å². The van der Waals surface area contributed by atoms with Crippen molar-refractivity contribution in [1.82, 2.24) is 10.9 Å². The van der Waals surface area contributed by atoms with Crippen LogP contribution in [-0.4, -0.2) is 25.0 Å². The molecule has 25 heavy (non-hydrogen) atoms. The molecule has 0 spiro atoms. The highest BCUT2D eigenvalue weighted by atomic mass is 16.5. The minimum atomic E-state index is -0.467. The number of carbonyl (C=O) groups is 2. The zero-order valence-corrected chi connectivity index (χ0v) is 14.4. The first-order valence-corrected chi connectivity index (χ1v) is 8.10. The molecule has 0 unspecified atom stereocenters. The predicted octanol–water partition coefficient (Wildman–Crippen LogP) is 2.62. The van der Waals surface area contributed by atoms with Crippen LogP contribution in [0.5, 0.6) is 11.5 Å². The monoisotopic (exact) mass is 342 g/mol. The second-order valence-electron chi connectivity index (χ2n) is 5.45. The molecule has 0 saturated heterocycles. The lowest BCUT2D eigenvalue weighted by atomic mass is 10.1. The Balaban J connectivity index is 1.81. The van der Waals surface area contributed by atoms with Crippen molar-refractivity contribution in [2.24, 2.45) is 0 Å². The van der Waals surface area contributed by atoms with Crippen molar-refractivity contribution in [2.45, 2.75) is 20.3 Å². The van der Waals surface area contributed by atoms with Gasteiger partial charge in [0, 0.05) is 5.56 Å². The van der Waals surface area contributed by atoms with Crippen LogP contribution in [0.2, 0.25) is 0 Å². The number of hydrogen-bond donors (Lipinski definition) is 2. The van der Waals surface area contributed by atoms with E-state index in [1.807, 2.05) is 32.0 Å². The number of rotatable bonds is 7. The van der Waals surface area contributed by atoms with Gasteiger partial charge in [-0.2, -0.15) is 0 Å². The summed E-state index contributed by atoms with van der Waals surface area (Å²) in [6.45, 7) is 4.27. The lowest BCUT2D eigenvalue weighted by Crippen LogP contribution is -2.43. The van der Waals surface area contributed by atoms with E-state index in [0.717, 1.165) is 12.0 Å². The second-order valence-corrected chi connectivity index (χ2v) is 5.45. The molecule has 6 heteroatoms. The van der Waals surface area contributed by atoms with Gasteiger partial charge in [0.05, 0.1) is 6.61 Å². The number of carbonyl (C=O) groups excluding carboxylic acids is 2. The van der Waals surface area contributed by atoms with E-state index in [1.165, 1.54) is 0 Å². The van der Waals surface area contributed by atoms with Gasteiger partial charge >= 0.3 is 0 Å². The first kappa shape index (κ1) is 18.3. The Morgan fingerprint density at radius 2 is 1.56 bits per heavy atom. The van der Waals surface area contributed by atoms with Crippen LogP contribution >= 0.6 is 0 Å². The zero-order valence-electron chi connectivity index (χ0n) is 14.4. The van der Waals surface area contributed by atoms with Crippen LogP contribution in [-0.2, 0) is 4.79 Å². The Hall–Kier alpha value is -3.02. The molecule has 0 aliphatic heterocycles. The summed E-state index contributed by atoms with van der Waals surface area (Å²) in [4.78, 5) is 23.8. The summed E-state index contributed by atoms with van der Waals surface area (Å²) in [7, 11) is 0. The number of nitrogens with one attached hydrogen (secondary N) is 2. The van der Waals surface area contributed by atoms with E-state index in [0.29, 0.717) is 23.7 Å². The molecule has 2 rings (SSSR count). The summed E-state index contributed by atoms with van der Waals surface area (Å²) < 4.78 is 11.0. The fraction of sp³-hybridized carbons (Fsp3) is 0.263. The lowest BCUT2D eigenvalue weighted by molar-refractivity contribution is -0.123. The summed E-state index contributed by atoms with van der Waals surface area (Å²) in [5, 5.41) is 0. The SMILES string of the molecule is CCCOc1ccccc1OCC(=O)NNC(=O)c1ccc(C)cc1. The largest absolute Gasteiger partial charge is 0.490 e. The number of amides is 2. The van der Waals surface area contributed by atoms with Crippen LogP contribution in [0.4, 0.5) is 0 Å². The fourth-order valence-corrected chi connectivity index (χ4v) is 1.98. The molecule has 0 bridgehead atoms. The Bertz CT molecular complexity index is 714. The Morgan fingerprint density at radius 1 is 0.920 bits per heavy atom. The molecule has 0 heterocycles. The Kier molecular flexibility index (Phi) is 6.83. The van der Waals surface area contributed by atoms with E-state index in [2.05, 4.69) is 10.9 Å². The van der Waals surface area contributed by atoms with Gasteiger partial charge in [0.15, 0.2) is 18.1 Å². The molecule has 2 amide bonds. The minimum absolute atomic E-state index is 0.235. The Morgan fingerprint density at radius 3 is 2.20 bits per heavy atom. The number of aryl methyl sites for hydroxylation is 1. The molecule has 0 aromatic heterocycles. The average molecular weight is 342 g/mol. The highest BCUT2D eigenvalue weighted by Crippen LogP contribution is 2.26. The molecule has 0 radical (unpaired) electrons. The van der Waals surface area contributed by atoms with Crippen molar-refractivity contribution >= 4 is 11.8 Å². The normalized spacial score (nSPS) is 10.0. The smallest absolute Gasteiger partial charge is 0.276 e. The lowest BCUT2D eigenvalue weighted by Gasteiger charge is -2.12. The van der Waals surface area contributed by atoms with E-state index >= 15 is 0 Å². The van der Waals surface area contributed by atoms with Gasteiger partial charge in [-0.05, 0) is 37.6 Å². The quantitative estimate of drug-likeness (QED) is 0.759. The van der Waals surface area contributed by atoms with Crippen molar-refractivity contribution in [3.8, 4) is 11.5 Å². The van der Waals surface area contributed by atoms with Crippen molar-refractivity contribution in [1.29, 1.82) is 0 Å². The Labute approximate surface area is 147 Å². The topological polar surface area (TPSA) is 76.7 Å². The molecular formula is C19H22N2O4. The molecule has 2 N–H and O–H groups in total. The first-order chi connectivity index (χ1) is 12.1. The standard InChI is InChI=1S/C19H22N2O4/c1-3-12-24-16-6-4-5-7-17(16)25-13-18(22)20-21-19(23)15-10-8-14(2)9-11-15/h4-11H,3,12-13H2,1-2H3,(H,20,22)(H,21,23). The van der Waals surface area contributed by atoms with Gasteiger partial charge in [-0.3, -0.25) is 20.4 Å². The van der Waals surface area contributed by atoms with Gasteiger partial charge in [0.1, 0.15) is 0 Å². The zero-order chi connectivity index (χ0) is 18.1. The molecule has 132 valence electrons. The molecule has 0 aliphatic carbocycles. The number of benzene rings is 2. The van der Waals surface area contributed by atoms with Crippen LogP contribution in [0.3, 0.4) is 0 Å². The molecule has 2 aromatic rings. The number of para-hydroxylation sites is 2. The van der Waals surface area contributed by atoms with Crippen molar-refractivity contribution < 1.29 is 19.1 Å². The highest BCUT2D eigenvalue weighted by Gasteiger charge is 2.09. The number of hydrazine groups is 1. The van der Waals surface area contributed by atoms with Gasteiger partial charge in [0.2, 0.25) is 0 Å². The van der Waals surface area contributed by atoms with Crippen LogP contribution in [0, 0.1) is 6.92 Å². The summed E-state index contributed by atoms with van der Waals surface area (Å²) >= 11 is 0. The third-order valence-electron chi connectivity index (χ3n) is 3.30. The van der Waals surface area contributed by atoms with Gasteiger partial charge in [-0.25, -0.2) is 0 Å². The maximum absolute atomic E-state index is 11.9. The summed E-state index contributed by atoms with van der Waals surface area (Å²) in [5.41, 5.74) is 6.19. The fourth-order valence-electron chi connectivity index (χ4n) is 1.98. The third kappa shape index (κ3) is 5.84. The van der Waals surface area contributed by atoms with Crippen LogP contribution in [0.25, 0.3) is 0 Å². The van der Waals surface area contributed by atoms with Crippen LogP contribution < -0.4 is 20.3 Å². The van der Waals surface area contributed by atoms with E-state index < -0.39 is 5.91 Å². The van der Waals surface area contributed by atoms with Gasteiger partial charge in [-0.1, -0.05) is 36.8 Å². The minimum Gasteiger partial charge on any atom is -0.490 e. The van der Waals surface area contributed by atoms with Crippen molar-refractivity contribution in [3.63, 3.8) is 0 Å². The summed E-state index contributed by atoms with van der Waals surface area (Å²) in [6.07, 6.45) is 0.875. The average Bonchev–Trinajstić information content (AvgIpc) is 2.64. The molecule has 2 aromatic carbocycles. The number of ether oxygens (including phenoxy) is 2. The molecule has 6 nitrogen and oxygen atoms in total. The third-order valence-corrected chi connectivity index (χ3v) is 3.30. The van der Waals surface area contributed by atoms with Gasteiger partial charge < -0.3 is 9.47 Å². The summed E-state index contributed by atoms with van der Waals surface area (Å²) in [6, 6.07) is 14.2. The van der Waals surface area contributed by atoms with E-state index in [1.54, 1.807) is 30.3 Å². The molecule has 0 fully saturated rings. The molecule has 0 aliphatic rings. The maximum Gasteiger partial charge on any atom is 0.276 e. The van der Waals surface area contributed by atoms with Crippen molar-refractivity contribution in [2.75, 3.05) is 13.2 Å². The van der Waals surface area contributed by atoms with Crippen LogP contribution in [0.15, 0.2) is 48.5 Å². The van der Waals surface area contributed by atoms with Crippen LogP contribution in [0.1, 0.15) is 29.3 Å².